The molecule has 0 unspecified atom stereocenters. The number of nitrogens with zero attached hydrogens (tertiary/aromatic N) is 2. The van der Waals surface area contributed by atoms with Crippen molar-refractivity contribution in [1.82, 2.24) is 20.4 Å². The first-order valence-corrected chi connectivity index (χ1v) is 20.2. The summed E-state index contributed by atoms with van der Waals surface area (Å²) in [4.78, 5) is 67.5. The Labute approximate surface area is 320 Å². The number of benzene rings is 3. The first-order valence-electron chi connectivity index (χ1n) is 19.1. The van der Waals surface area contributed by atoms with E-state index in [1.807, 2.05) is 103 Å². The maximum atomic E-state index is 13.2. The summed E-state index contributed by atoms with van der Waals surface area (Å²) in [6.45, 7) is 1.19. The van der Waals surface area contributed by atoms with E-state index in [-0.39, 0.29) is 48.2 Å². The first kappa shape index (κ1) is 37.2. The summed E-state index contributed by atoms with van der Waals surface area (Å²) in [5, 5.41) is 12.4. The molecule has 4 aliphatic rings. The third-order valence-corrected chi connectivity index (χ3v) is 12.4. The van der Waals surface area contributed by atoms with Crippen LogP contribution in [0.15, 0.2) is 78.9 Å². The Hall–Kier alpha value is -5.10. The Kier molecular flexibility index (Phi) is 12.0. The summed E-state index contributed by atoms with van der Waals surface area (Å²) in [7, 11) is 0. The van der Waals surface area contributed by atoms with Gasteiger partial charge in [-0.3, -0.25) is 19.2 Å². The summed E-state index contributed by atoms with van der Waals surface area (Å²) in [5.74, 6) is 0.603. The van der Waals surface area contributed by atoms with Gasteiger partial charge in [-0.2, -0.15) is 11.8 Å². The summed E-state index contributed by atoms with van der Waals surface area (Å²) in [6, 6.07) is 24.1. The van der Waals surface area contributed by atoms with Crippen LogP contribution in [-0.4, -0.2) is 87.7 Å². The highest BCUT2D eigenvalue weighted by atomic mass is 32.2. The lowest BCUT2D eigenvalue weighted by Crippen LogP contribution is -2.43. The number of anilines is 2. The van der Waals surface area contributed by atoms with Crippen LogP contribution in [0.3, 0.4) is 0 Å². The van der Waals surface area contributed by atoms with E-state index in [9.17, 15) is 24.0 Å². The van der Waals surface area contributed by atoms with E-state index in [1.54, 1.807) is 9.80 Å². The standard InChI is InChI=1S/C42H48N6O5S/c49-37(13-5-4-12-36-39-33(27-54-36)45-42(53)46-39)47-24-6-10-34(47)40(51)43-31-20-16-28(17-21-31)14-15-29-18-22-32(23-19-29)44-41(52)35-11-7-25-48(35)38(50)26-30-8-2-1-3-9-30/h1-3,8-9,14-23,33-36,39H,4-7,10-13,24-27H2,(H,43,51)(H,44,52)(H2,45,46,53)/t33-,34-,35-,36-,39-/m0/s1. The number of nitrogens with one attached hydrogen (secondary N) is 4. The monoisotopic (exact) mass is 748 g/mol. The summed E-state index contributed by atoms with van der Waals surface area (Å²) >= 11 is 1.88. The second kappa shape index (κ2) is 17.4. The van der Waals surface area contributed by atoms with Gasteiger partial charge in [0.1, 0.15) is 12.1 Å². The van der Waals surface area contributed by atoms with Gasteiger partial charge < -0.3 is 31.1 Å². The van der Waals surface area contributed by atoms with Crippen LogP contribution in [0.2, 0.25) is 0 Å². The summed E-state index contributed by atoms with van der Waals surface area (Å²) in [6.07, 6.45) is 10.2. The molecule has 54 heavy (non-hydrogen) atoms. The minimum absolute atomic E-state index is 0.0298. The number of carbonyl (C=O) groups excluding carboxylic acids is 5. The first-order chi connectivity index (χ1) is 26.3. The lowest BCUT2D eigenvalue weighted by atomic mass is 10.0. The van der Waals surface area contributed by atoms with Crippen LogP contribution in [0.4, 0.5) is 16.2 Å². The Morgan fingerprint density at radius 2 is 1.30 bits per heavy atom. The lowest BCUT2D eigenvalue weighted by molar-refractivity contribution is -0.136. The second-order valence-electron chi connectivity index (χ2n) is 14.6. The zero-order valence-corrected chi connectivity index (χ0v) is 31.2. The van der Waals surface area contributed by atoms with Crippen LogP contribution in [-0.2, 0) is 25.6 Å². The van der Waals surface area contributed by atoms with Crippen molar-refractivity contribution in [1.29, 1.82) is 0 Å². The highest BCUT2D eigenvalue weighted by Crippen LogP contribution is 2.33. The van der Waals surface area contributed by atoms with Gasteiger partial charge in [0.2, 0.25) is 23.6 Å². The average molecular weight is 749 g/mol. The van der Waals surface area contributed by atoms with Gasteiger partial charge in [-0.15, -0.1) is 0 Å². The Morgan fingerprint density at radius 3 is 1.89 bits per heavy atom. The minimum Gasteiger partial charge on any atom is -0.332 e. The van der Waals surface area contributed by atoms with Crippen LogP contribution in [0.1, 0.15) is 68.1 Å². The number of likely N-dealkylation sites (tertiary alicyclic amines) is 2. The van der Waals surface area contributed by atoms with Crippen LogP contribution in [0.25, 0.3) is 12.2 Å². The normalized spacial score (nSPS) is 23.3. The molecule has 0 spiro atoms. The van der Waals surface area contributed by atoms with Gasteiger partial charge >= 0.3 is 6.03 Å². The molecule has 3 aromatic rings. The minimum atomic E-state index is -0.471. The predicted octanol–water partition coefficient (Wildman–Crippen LogP) is 5.68. The Balaban J connectivity index is 0.839. The van der Waals surface area contributed by atoms with Gasteiger partial charge in [0.25, 0.3) is 0 Å². The van der Waals surface area contributed by atoms with E-state index < -0.39 is 12.1 Å². The molecule has 4 heterocycles. The molecule has 282 valence electrons. The molecule has 12 heteroatoms. The van der Waals surface area contributed by atoms with Crippen LogP contribution < -0.4 is 21.3 Å². The molecule has 3 aromatic carbocycles. The van der Waals surface area contributed by atoms with Gasteiger partial charge in [0, 0.05) is 41.9 Å². The summed E-state index contributed by atoms with van der Waals surface area (Å²) in [5.41, 5.74) is 4.22. The van der Waals surface area contributed by atoms with Crippen molar-refractivity contribution < 1.29 is 24.0 Å². The topological polar surface area (TPSA) is 140 Å². The predicted molar refractivity (Wildman–Crippen MR) is 213 cm³/mol. The highest BCUT2D eigenvalue weighted by Gasteiger charge is 2.42. The van der Waals surface area contributed by atoms with E-state index in [0.29, 0.717) is 49.0 Å². The van der Waals surface area contributed by atoms with Crippen molar-refractivity contribution >= 4 is 64.9 Å². The number of hydrogen-bond donors (Lipinski definition) is 4. The highest BCUT2D eigenvalue weighted by molar-refractivity contribution is 8.00. The smallest absolute Gasteiger partial charge is 0.315 e. The molecule has 6 amide bonds. The number of unbranched alkanes of at least 4 members (excludes halogenated alkanes) is 1. The molecule has 5 atom stereocenters. The van der Waals surface area contributed by atoms with E-state index >= 15 is 0 Å². The van der Waals surface area contributed by atoms with Crippen molar-refractivity contribution in [3.63, 3.8) is 0 Å². The second-order valence-corrected chi connectivity index (χ2v) is 15.8. The summed E-state index contributed by atoms with van der Waals surface area (Å²) < 4.78 is 0. The number of carbonyl (C=O) groups is 5. The number of amides is 6. The Morgan fingerprint density at radius 1 is 0.722 bits per heavy atom. The molecular weight excluding hydrogens is 701 g/mol. The van der Waals surface area contributed by atoms with Gasteiger partial charge in [-0.1, -0.05) is 73.2 Å². The van der Waals surface area contributed by atoms with Crippen LogP contribution in [0, 0.1) is 0 Å². The number of hydrogen-bond acceptors (Lipinski definition) is 6. The molecule has 4 N–H and O–H groups in total. The lowest BCUT2D eigenvalue weighted by Gasteiger charge is -2.24. The largest absolute Gasteiger partial charge is 0.332 e. The van der Waals surface area contributed by atoms with Crippen molar-refractivity contribution in [3.8, 4) is 0 Å². The van der Waals surface area contributed by atoms with E-state index in [4.69, 9.17) is 0 Å². The van der Waals surface area contributed by atoms with Crippen molar-refractivity contribution in [2.24, 2.45) is 0 Å². The van der Waals surface area contributed by atoms with E-state index in [0.717, 1.165) is 54.5 Å². The van der Waals surface area contributed by atoms with Gasteiger partial charge in [-0.25, -0.2) is 4.79 Å². The number of rotatable bonds is 13. The molecule has 0 radical (unpaired) electrons. The molecule has 0 saturated carbocycles. The molecule has 7 rings (SSSR count). The molecule has 0 aromatic heterocycles. The third-order valence-electron chi connectivity index (χ3n) is 10.8. The van der Waals surface area contributed by atoms with E-state index in [1.165, 1.54) is 0 Å². The van der Waals surface area contributed by atoms with Crippen LogP contribution in [0.5, 0.6) is 0 Å². The van der Waals surface area contributed by atoms with Crippen molar-refractivity contribution in [3.05, 3.63) is 95.6 Å². The molecular formula is C42H48N6O5S. The quantitative estimate of drug-likeness (QED) is 0.101. The molecule has 11 nitrogen and oxygen atoms in total. The van der Waals surface area contributed by atoms with Crippen molar-refractivity contribution in [2.75, 3.05) is 29.5 Å². The molecule has 0 bridgehead atoms. The molecule has 4 fully saturated rings. The van der Waals surface area contributed by atoms with Crippen molar-refractivity contribution in [2.45, 2.75) is 87.2 Å². The average Bonchev–Trinajstić information content (AvgIpc) is 4.00. The van der Waals surface area contributed by atoms with Gasteiger partial charge in [0.15, 0.2) is 0 Å². The zero-order valence-electron chi connectivity index (χ0n) is 30.4. The fraction of sp³-hybridized carbons (Fsp3) is 0.405. The molecule has 4 aliphatic heterocycles. The number of thioether (sulfide) groups is 1. The number of fused-ring (bicyclic) bond motifs is 1. The fourth-order valence-corrected chi connectivity index (χ4v) is 9.50. The zero-order chi connectivity index (χ0) is 37.4. The van der Waals surface area contributed by atoms with E-state index in [2.05, 4.69) is 21.3 Å². The SMILES string of the molecule is O=C1N[C@H]2[C@H](CS[C@H]2CCCCC(=O)N2CCC[C@H]2C(=O)Nc2ccc(C=Cc3ccc(NC(=O)[C@@H]4CCCN4C(=O)Cc4ccccc4)cc3)cc2)N1. The number of urea groups is 1. The van der Waals surface area contributed by atoms with Gasteiger partial charge in [0.05, 0.1) is 18.5 Å². The van der Waals surface area contributed by atoms with Gasteiger partial charge in [-0.05, 0) is 79.5 Å². The Bertz CT molecular complexity index is 1850. The molecule has 4 saturated heterocycles. The van der Waals surface area contributed by atoms with Crippen LogP contribution >= 0.6 is 11.8 Å². The molecule has 0 aliphatic carbocycles. The maximum absolute atomic E-state index is 13.2. The fourth-order valence-electron chi connectivity index (χ4n) is 7.95. The maximum Gasteiger partial charge on any atom is 0.315 e. The third kappa shape index (κ3) is 9.15.